The zero-order valence-electron chi connectivity index (χ0n) is 13.0. The topological polar surface area (TPSA) is 20.3 Å². The molecular formula is C20H21NO. The van der Waals surface area contributed by atoms with Crippen molar-refractivity contribution in [1.29, 1.82) is 0 Å². The van der Waals surface area contributed by atoms with E-state index in [9.17, 15) is 4.79 Å². The molecule has 0 saturated heterocycles. The van der Waals surface area contributed by atoms with Crippen molar-refractivity contribution in [2.24, 2.45) is 0 Å². The van der Waals surface area contributed by atoms with Crippen molar-refractivity contribution in [3.8, 4) is 0 Å². The summed E-state index contributed by atoms with van der Waals surface area (Å²) in [6.07, 6.45) is 2.51. The second-order valence-corrected chi connectivity index (χ2v) is 6.09. The van der Waals surface area contributed by atoms with E-state index < -0.39 is 5.54 Å². The predicted octanol–water partition coefficient (Wildman–Crippen LogP) is 4.22. The Morgan fingerprint density at radius 1 is 1.14 bits per heavy atom. The van der Waals surface area contributed by atoms with Crippen LogP contribution >= 0.6 is 0 Å². The van der Waals surface area contributed by atoms with Crippen molar-refractivity contribution in [3.63, 3.8) is 0 Å². The first-order valence-electron chi connectivity index (χ1n) is 7.68. The van der Waals surface area contributed by atoms with Crippen LogP contribution in [0.2, 0.25) is 0 Å². The van der Waals surface area contributed by atoms with Crippen LogP contribution in [-0.2, 0) is 13.1 Å². The van der Waals surface area contributed by atoms with Crippen LogP contribution in [0.5, 0.6) is 0 Å². The van der Waals surface area contributed by atoms with Crippen LogP contribution in [0.3, 0.4) is 0 Å². The molecule has 2 aromatic rings. The first-order chi connectivity index (χ1) is 10.6. The largest absolute Gasteiger partial charge is 0.292 e. The third kappa shape index (κ3) is 2.51. The van der Waals surface area contributed by atoms with Gasteiger partial charge >= 0.3 is 0 Å². The second kappa shape index (κ2) is 5.90. The number of rotatable bonds is 4. The van der Waals surface area contributed by atoms with E-state index >= 15 is 0 Å². The summed E-state index contributed by atoms with van der Waals surface area (Å²) in [5.41, 5.74) is 2.68. The van der Waals surface area contributed by atoms with Crippen molar-refractivity contribution in [2.75, 3.05) is 0 Å². The molecule has 22 heavy (non-hydrogen) atoms. The number of carbonyl (C=O) groups is 1. The van der Waals surface area contributed by atoms with E-state index in [1.807, 2.05) is 49.4 Å². The Bertz CT molecular complexity index is 692. The molecule has 1 heterocycles. The number of hydrogen-bond donors (Lipinski definition) is 0. The van der Waals surface area contributed by atoms with Crippen LogP contribution < -0.4 is 0 Å². The fourth-order valence-corrected chi connectivity index (χ4v) is 3.23. The molecule has 0 fully saturated rings. The van der Waals surface area contributed by atoms with Crippen LogP contribution in [-0.4, -0.2) is 16.2 Å². The minimum absolute atomic E-state index is 0.199. The summed E-state index contributed by atoms with van der Waals surface area (Å²) in [5, 5.41) is 0. The molecule has 2 heteroatoms. The molecule has 0 bridgehead atoms. The van der Waals surface area contributed by atoms with Crippen LogP contribution in [0.1, 0.15) is 34.8 Å². The first-order valence-corrected chi connectivity index (χ1v) is 7.68. The van der Waals surface area contributed by atoms with Crippen molar-refractivity contribution in [2.45, 2.75) is 32.0 Å². The SMILES string of the molecule is C=CCC1(C)C(=O)c2ccccc2CN1Cc1ccccc1. The Morgan fingerprint density at radius 3 is 2.55 bits per heavy atom. The Kier molecular flexibility index (Phi) is 3.95. The zero-order valence-corrected chi connectivity index (χ0v) is 13.0. The lowest BCUT2D eigenvalue weighted by Gasteiger charge is -2.43. The number of ketones is 1. The molecule has 0 saturated carbocycles. The highest BCUT2D eigenvalue weighted by atomic mass is 16.1. The van der Waals surface area contributed by atoms with E-state index in [0.717, 1.165) is 24.2 Å². The maximum atomic E-state index is 13.0. The van der Waals surface area contributed by atoms with Gasteiger partial charge in [-0.1, -0.05) is 60.7 Å². The smallest absolute Gasteiger partial charge is 0.183 e. The molecule has 1 unspecified atom stereocenters. The maximum Gasteiger partial charge on any atom is 0.183 e. The number of benzene rings is 2. The van der Waals surface area contributed by atoms with Gasteiger partial charge < -0.3 is 0 Å². The monoisotopic (exact) mass is 291 g/mol. The lowest BCUT2D eigenvalue weighted by Crippen LogP contribution is -2.54. The van der Waals surface area contributed by atoms with Crippen LogP contribution in [0.4, 0.5) is 0 Å². The summed E-state index contributed by atoms with van der Waals surface area (Å²) in [5.74, 6) is 0.199. The molecule has 1 atom stereocenters. The van der Waals surface area contributed by atoms with Crippen molar-refractivity contribution in [3.05, 3.63) is 83.9 Å². The minimum Gasteiger partial charge on any atom is -0.292 e. The van der Waals surface area contributed by atoms with E-state index in [-0.39, 0.29) is 5.78 Å². The summed E-state index contributed by atoms with van der Waals surface area (Å²) in [6.45, 7) is 7.45. The van der Waals surface area contributed by atoms with Gasteiger partial charge in [-0.25, -0.2) is 0 Å². The van der Waals surface area contributed by atoms with Gasteiger partial charge in [0.2, 0.25) is 0 Å². The lowest BCUT2D eigenvalue weighted by molar-refractivity contribution is 0.0483. The summed E-state index contributed by atoms with van der Waals surface area (Å²) in [6, 6.07) is 18.3. The Balaban J connectivity index is 2.00. The number of carbonyl (C=O) groups excluding carboxylic acids is 1. The molecule has 1 aliphatic heterocycles. The highest BCUT2D eigenvalue weighted by Crippen LogP contribution is 2.34. The summed E-state index contributed by atoms with van der Waals surface area (Å²) in [4.78, 5) is 15.3. The molecule has 3 rings (SSSR count). The Labute approximate surface area is 132 Å². The minimum atomic E-state index is -0.522. The van der Waals surface area contributed by atoms with Crippen LogP contribution in [0, 0.1) is 0 Å². The van der Waals surface area contributed by atoms with Crippen LogP contribution in [0.15, 0.2) is 67.3 Å². The maximum absolute atomic E-state index is 13.0. The molecule has 112 valence electrons. The molecule has 0 aromatic heterocycles. The zero-order chi connectivity index (χ0) is 15.6. The molecule has 1 aliphatic rings. The molecule has 2 nitrogen and oxygen atoms in total. The second-order valence-electron chi connectivity index (χ2n) is 6.09. The standard InChI is InChI=1S/C20H21NO/c1-3-13-20(2)19(22)18-12-8-7-11-17(18)15-21(20)14-16-9-5-4-6-10-16/h3-12H,1,13-15H2,2H3. The predicted molar refractivity (Wildman–Crippen MR) is 89.7 cm³/mol. The molecule has 0 amide bonds. The molecule has 0 radical (unpaired) electrons. The van der Waals surface area contributed by atoms with Gasteiger partial charge in [-0.05, 0) is 24.5 Å². The number of hydrogen-bond acceptors (Lipinski definition) is 2. The van der Waals surface area contributed by atoms with E-state index in [1.54, 1.807) is 0 Å². The Morgan fingerprint density at radius 2 is 1.82 bits per heavy atom. The molecule has 2 aromatic carbocycles. The van der Waals surface area contributed by atoms with Crippen LogP contribution in [0.25, 0.3) is 0 Å². The Hall–Kier alpha value is -2.19. The third-order valence-corrected chi connectivity index (χ3v) is 4.57. The van der Waals surface area contributed by atoms with Gasteiger partial charge in [0.1, 0.15) is 0 Å². The third-order valence-electron chi connectivity index (χ3n) is 4.57. The van der Waals surface area contributed by atoms with E-state index in [2.05, 4.69) is 29.7 Å². The van der Waals surface area contributed by atoms with Gasteiger partial charge in [0.15, 0.2) is 5.78 Å². The van der Waals surface area contributed by atoms with Gasteiger partial charge in [-0.15, -0.1) is 6.58 Å². The number of fused-ring (bicyclic) bond motifs is 1. The van der Waals surface area contributed by atoms with Crippen molar-refractivity contribution >= 4 is 5.78 Å². The normalized spacial score (nSPS) is 21.4. The molecule has 0 aliphatic carbocycles. The quantitative estimate of drug-likeness (QED) is 0.786. The average Bonchev–Trinajstić information content (AvgIpc) is 2.54. The van der Waals surface area contributed by atoms with Gasteiger partial charge in [0, 0.05) is 18.7 Å². The fourth-order valence-electron chi connectivity index (χ4n) is 3.23. The summed E-state index contributed by atoms with van der Waals surface area (Å²) < 4.78 is 0. The van der Waals surface area contributed by atoms with E-state index in [0.29, 0.717) is 6.42 Å². The van der Waals surface area contributed by atoms with Gasteiger partial charge in [0.05, 0.1) is 5.54 Å². The summed E-state index contributed by atoms with van der Waals surface area (Å²) in [7, 11) is 0. The first kappa shape index (κ1) is 14.7. The van der Waals surface area contributed by atoms with Crippen molar-refractivity contribution < 1.29 is 4.79 Å². The van der Waals surface area contributed by atoms with E-state index in [1.165, 1.54) is 5.56 Å². The van der Waals surface area contributed by atoms with Gasteiger partial charge in [-0.2, -0.15) is 0 Å². The molecule has 0 spiro atoms. The van der Waals surface area contributed by atoms with Gasteiger partial charge in [-0.3, -0.25) is 9.69 Å². The average molecular weight is 291 g/mol. The summed E-state index contributed by atoms with van der Waals surface area (Å²) >= 11 is 0. The van der Waals surface area contributed by atoms with E-state index in [4.69, 9.17) is 0 Å². The molecule has 0 N–H and O–H groups in total. The number of Topliss-reactive ketones (excluding diaryl/α,β-unsaturated/α-hetero) is 1. The highest BCUT2D eigenvalue weighted by Gasteiger charge is 2.43. The lowest BCUT2D eigenvalue weighted by atomic mass is 9.80. The van der Waals surface area contributed by atoms with Crippen molar-refractivity contribution in [1.82, 2.24) is 4.90 Å². The highest BCUT2D eigenvalue weighted by molar-refractivity contribution is 6.05. The number of nitrogens with zero attached hydrogens (tertiary/aromatic N) is 1. The van der Waals surface area contributed by atoms with Gasteiger partial charge in [0.25, 0.3) is 0 Å². The molecular weight excluding hydrogens is 270 g/mol. The fraction of sp³-hybridized carbons (Fsp3) is 0.250.